The number of anilines is 1. The van der Waals surface area contributed by atoms with Crippen LogP contribution < -0.4 is 19.5 Å². The molecule has 156 valence electrons. The van der Waals surface area contributed by atoms with Crippen LogP contribution in [0, 0.1) is 0 Å². The van der Waals surface area contributed by atoms with E-state index < -0.39 is 0 Å². The Morgan fingerprint density at radius 2 is 1.67 bits per heavy atom. The van der Waals surface area contributed by atoms with E-state index in [4.69, 9.17) is 14.2 Å². The number of nitrogens with zero attached hydrogens (tertiary/aromatic N) is 1. The predicted octanol–water partition coefficient (Wildman–Crippen LogP) is 4.97. The molecule has 0 unspecified atom stereocenters. The van der Waals surface area contributed by atoms with Gasteiger partial charge in [0.1, 0.15) is 0 Å². The standard InChI is InChI=1S/C23H24N2O4S/c1-27-19-11-17(12-20(28-2)21(19)29-3)22(26)25-23-24-18(13-30-23)16-9-8-14-6-4-5-7-15(14)10-16/h8-13H,4-7H2,1-3H3,(H,24,25,26). The lowest BCUT2D eigenvalue weighted by Gasteiger charge is -2.16. The SMILES string of the molecule is COc1cc(C(=O)Nc2nc(-c3ccc4c(c3)CCCC4)cs2)cc(OC)c1OC. The van der Waals surface area contributed by atoms with Gasteiger partial charge in [-0.05, 0) is 55.0 Å². The summed E-state index contributed by atoms with van der Waals surface area (Å²) in [7, 11) is 4.56. The number of ether oxygens (including phenoxy) is 3. The minimum absolute atomic E-state index is 0.291. The van der Waals surface area contributed by atoms with E-state index in [9.17, 15) is 4.79 Å². The monoisotopic (exact) mass is 424 g/mol. The normalized spacial score (nSPS) is 12.8. The molecule has 1 aliphatic rings. The van der Waals surface area contributed by atoms with Gasteiger partial charge in [0.05, 0.1) is 27.0 Å². The summed E-state index contributed by atoms with van der Waals surface area (Å²) in [5, 5.41) is 5.38. The van der Waals surface area contributed by atoms with Crippen LogP contribution in [0.4, 0.5) is 5.13 Å². The lowest BCUT2D eigenvalue weighted by Crippen LogP contribution is -2.12. The van der Waals surface area contributed by atoms with Crippen molar-refractivity contribution in [2.24, 2.45) is 0 Å². The molecule has 0 radical (unpaired) electrons. The summed E-state index contributed by atoms with van der Waals surface area (Å²) in [6, 6.07) is 9.79. The molecule has 0 saturated carbocycles. The van der Waals surface area contributed by atoms with Crippen LogP contribution in [0.2, 0.25) is 0 Å². The molecule has 0 bridgehead atoms. The number of nitrogens with one attached hydrogen (secondary N) is 1. The van der Waals surface area contributed by atoms with Crippen LogP contribution in [-0.4, -0.2) is 32.2 Å². The number of thiazole rings is 1. The number of fused-ring (bicyclic) bond motifs is 1. The first-order chi connectivity index (χ1) is 14.6. The Hall–Kier alpha value is -3.06. The highest BCUT2D eigenvalue weighted by Crippen LogP contribution is 2.38. The first-order valence-corrected chi connectivity index (χ1v) is 10.7. The van der Waals surface area contributed by atoms with E-state index in [1.807, 2.05) is 5.38 Å². The largest absolute Gasteiger partial charge is 0.493 e. The van der Waals surface area contributed by atoms with Crippen molar-refractivity contribution in [2.45, 2.75) is 25.7 Å². The van der Waals surface area contributed by atoms with Crippen LogP contribution in [0.5, 0.6) is 17.2 Å². The number of carbonyl (C=O) groups excluding carboxylic acids is 1. The average Bonchev–Trinajstić information content (AvgIpc) is 3.26. The Kier molecular flexibility index (Phi) is 5.90. The zero-order valence-electron chi connectivity index (χ0n) is 17.3. The third kappa shape index (κ3) is 3.98. The number of aromatic nitrogens is 1. The molecule has 1 amide bonds. The molecule has 0 saturated heterocycles. The summed E-state index contributed by atoms with van der Waals surface area (Å²) in [5.74, 6) is 1.01. The number of hydrogen-bond donors (Lipinski definition) is 1. The molecule has 0 fully saturated rings. The zero-order chi connectivity index (χ0) is 21.1. The summed E-state index contributed by atoms with van der Waals surface area (Å²) < 4.78 is 16.0. The zero-order valence-corrected chi connectivity index (χ0v) is 18.1. The van der Waals surface area contributed by atoms with Gasteiger partial charge in [-0.25, -0.2) is 4.98 Å². The van der Waals surface area contributed by atoms with E-state index >= 15 is 0 Å². The third-order valence-electron chi connectivity index (χ3n) is 5.30. The minimum atomic E-state index is -0.291. The molecule has 0 aliphatic heterocycles. The summed E-state index contributed by atoms with van der Waals surface area (Å²) in [6.45, 7) is 0. The van der Waals surface area contributed by atoms with Crippen LogP contribution in [0.1, 0.15) is 34.3 Å². The summed E-state index contributed by atoms with van der Waals surface area (Å²) in [4.78, 5) is 17.4. The van der Waals surface area contributed by atoms with Crippen molar-refractivity contribution in [3.63, 3.8) is 0 Å². The molecule has 1 aromatic heterocycles. The Morgan fingerprint density at radius 3 is 2.33 bits per heavy atom. The highest BCUT2D eigenvalue weighted by Gasteiger charge is 2.18. The highest BCUT2D eigenvalue weighted by molar-refractivity contribution is 7.14. The first-order valence-electron chi connectivity index (χ1n) is 9.82. The number of methoxy groups -OCH3 is 3. The van der Waals surface area contributed by atoms with E-state index in [2.05, 4.69) is 28.5 Å². The fourth-order valence-electron chi connectivity index (χ4n) is 3.74. The van der Waals surface area contributed by atoms with Gasteiger partial charge in [-0.3, -0.25) is 10.1 Å². The minimum Gasteiger partial charge on any atom is -0.493 e. The van der Waals surface area contributed by atoms with E-state index in [1.165, 1.54) is 56.6 Å². The molecular weight excluding hydrogens is 400 g/mol. The van der Waals surface area contributed by atoms with E-state index in [0.717, 1.165) is 24.1 Å². The predicted molar refractivity (Wildman–Crippen MR) is 118 cm³/mol. The van der Waals surface area contributed by atoms with Crippen molar-refractivity contribution in [3.05, 3.63) is 52.4 Å². The highest BCUT2D eigenvalue weighted by atomic mass is 32.1. The van der Waals surface area contributed by atoms with Crippen molar-refractivity contribution in [1.29, 1.82) is 0 Å². The molecule has 0 atom stereocenters. The van der Waals surface area contributed by atoms with Crippen molar-refractivity contribution in [3.8, 4) is 28.5 Å². The third-order valence-corrected chi connectivity index (χ3v) is 6.05. The average molecular weight is 425 g/mol. The Labute approximate surface area is 179 Å². The lowest BCUT2D eigenvalue weighted by atomic mass is 9.90. The fraction of sp³-hybridized carbons (Fsp3) is 0.304. The Balaban J connectivity index is 1.55. The van der Waals surface area contributed by atoms with E-state index in [0.29, 0.717) is 27.9 Å². The van der Waals surface area contributed by atoms with Crippen LogP contribution in [0.3, 0.4) is 0 Å². The fourth-order valence-corrected chi connectivity index (χ4v) is 4.45. The summed E-state index contributed by atoms with van der Waals surface area (Å²) in [6.07, 6.45) is 4.78. The maximum atomic E-state index is 12.8. The van der Waals surface area contributed by atoms with Crippen molar-refractivity contribution < 1.29 is 19.0 Å². The maximum absolute atomic E-state index is 12.8. The maximum Gasteiger partial charge on any atom is 0.257 e. The number of aryl methyl sites for hydroxylation is 2. The second-order valence-corrected chi connectivity index (χ2v) is 7.95. The van der Waals surface area contributed by atoms with Gasteiger partial charge in [-0.2, -0.15) is 0 Å². The Morgan fingerprint density at radius 1 is 0.967 bits per heavy atom. The molecule has 1 aliphatic carbocycles. The van der Waals surface area contributed by atoms with Crippen LogP contribution >= 0.6 is 11.3 Å². The summed E-state index contributed by atoms with van der Waals surface area (Å²) >= 11 is 1.40. The number of carbonyl (C=O) groups is 1. The smallest absolute Gasteiger partial charge is 0.257 e. The molecule has 6 nitrogen and oxygen atoms in total. The number of hydrogen-bond acceptors (Lipinski definition) is 6. The molecule has 2 aromatic carbocycles. The molecular formula is C23H24N2O4S. The first kappa shape index (κ1) is 20.2. The van der Waals surface area contributed by atoms with Gasteiger partial charge in [-0.1, -0.05) is 12.1 Å². The molecule has 1 N–H and O–H groups in total. The van der Waals surface area contributed by atoms with Gasteiger partial charge < -0.3 is 14.2 Å². The van der Waals surface area contributed by atoms with Gasteiger partial charge in [0.25, 0.3) is 5.91 Å². The molecule has 3 aromatic rings. The van der Waals surface area contributed by atoms with Crippen molar-refractivity contribution in [1.82, 2.24) is 4.98 Å². The van der Waals surface area contributed by atoms with Gasteiger partial charge in [0, 0.05) is 16.5 Å². The van der Waals surface area contributed by atoms with Crippen LogP contribution in [0.25, 0.3) is 11.3 Å². The molecule has 7 heteroatoms. The van der Waals surface area contributed by atoms with Gasteiger partial charge >= 0.3 is 0 Å². The van der Waals surface area contributed by atoms with Crippen LogP contribution in [0.15, 0.2) is 35.7 Å². The van der Waals surface area contributed by atoms with Crippen molar-refractivity contribution in [2.75, 3.05) is 26.6 Å². The van der Waals surface area contributed by atoms with E-state index in [1.54, 1.807) is 12.1 Å². The Bertz CT molecular complexity index is 1050. The van der Waals surface area contributed by atoms with Gasteiger partial charge in [0.2, 0.25) is 5.75 Å². The van der Waals surface area contributed by atoms with Gasteiger partial charge in [-0.15, -0.1) is 11.3 Å². The number of benzene rings is 2. The number of rotatable bonds is 6. The molecule has 0 spiro atoms. The van der Waals surface area contributed by atoms with E-state index in [-0.39, 0.29) is 5.91 Å². The summed E-state index contributed by atoms with van der Waals surface area (Å²) in [5.41, 5.74) is 5.20. The number of amides is 1. The van der Waals surface area contributed by atoms with Gasteiger partial charge in [0.15, 0.2) is 16.6 Å². The van der Waals surface area contributed by atoms with Crippen molar-refractivity contribution >= 4 is 22.4 Å². The molecule has 30 heavy (non-hydrogen) atoms. The second kappa shape index (κ2) is 8.75. The topological polar surface area (TPSA) is 69.7 Å². The lowest BCUT2D eigenvalue weighted by molar-refractivity contribution is 0.102. The quantitative estimate of drug-likeness (QED) is 0.605. The second-order valence-electron chi connectivity index (χ2n) is 7.10. The molecule has 4 rings (SSSR count). The van der Waals surface area contributed by atoms with Crippen LogP contribution in [-0.2, 0) is 12.8 Å². The molecule has 1 heterocycles.